The van der Waals surface area contributed by atoms with Crippen LogP contribution in [0.2, 0.25) is 0 Å². The molecule has 0 aliphatic heterocycles. The number of benzene rings is 1. The molecule has 0 unspecified atom stereocenters. The molecule has 0 bridgehead atoms. The highest BCUT2D eigenvalue weighted by Gasteiger charge is 1.84. The molecule has 0 saturated carbocycles. The molecule has 0 atom stereocenters. The second-order valence-electron chi connectivity index (χ2n) is 2.02. The van der Waals surface area contributed by atoms with Gasteiger partial charge in [0.2, 0.25) is 12.2 Å². The van der Waals surface area contributed by atoms with Gasteiger partial charge >= 0.3 is 0 Å². The Morgan fingerprint density at radius 3 is 1.71 bits per heavy atom. The summed E-state index contributed by atoms with van der Waals surface area (Å²) in [5.41, 5.74) is 1.28. The zero-order valence-electron chi connectivity index (χ0n) is 7.63. The van der Waals surface area contributed by atoms with E-state index in [1.807, 2.05) is 18.2 Å². The molecule has 14 heavy (non-hydrogen) atoms. The summed E-state index contributed by atoms with van der Waals surface area (Å²) in [6.45, 7) is 2.07. The van der Waals surface area contributed by atoms with E-state index in [9.17, 15) is 0 Å². The van der Waals surface area contributed by atoms with Gasteiger partial charge in [0, 0.05) is 0 Å². The van der Waals surface area contributed by atoms with E-state index in [-0.39, 0.29) is 0 Å². The van der Waals surface area contributed by atoms with Crippen molar-refractivity contribution >= 4 is 27.6 Å². The minimum atomic E-state index is 0.750. The van der Waals surface area contributed by atoms with Gasteiger partial charge in [-0.2, -0.15) is 0 Å². The fourth-order valence-corrected chi connectivity index (χ4v) is 0.752. The van der Waals surface area contributed by atoms with Gasteiger partial charge in [0.05, 0.1) is 10.2 Å². The van der Waals surface area contributed by atoms with Crippen LogP contribution >= 0.6 is 0 Å². The molecule has 0 aliphatic carbocycles. The predicted octanol–water partition coefficient (Wildman–Crippen LogP) is 0.591. The molecule has 0 saturated heterocycles. The van der Waals surface area contributed by atoms with E-state index in [0.717, 1.165) is 12.2 Å². The molecule has 0 spiro atoms. The van der Waals surface area contributed by atoms with Crippen molar-refractivity contribution in [1.29, 1.82) is 10.8 Å². The average molecular weight is 205 g/mol. The molecule has 2 N–H and O–H groups in total. The van der Waals surface area contributed by atoms with Gasteiger partial charge in [0.1, 0.15) is 0 Å². The quantitative estimate of drug-likeness (QED) is 0.369. The molecule has 4 nitrogen and oxygen atoms in total. The minimum absolute atomic E-state index is 0.750. The Kier molecular flexibility index (Phi) is 11.8. The van der Waals surface area contributed by atoms with Crippen molar-refractivity contribution in [2.45, 2.75) is 6.92 Å². The number of carbonyl (C=O) groups excluding carboxylic acids is 2. The maximum Gasteiger partial charge on any atom is 0.231 e. The number of nitrogens with one attached hydrogen (secondary N) is 2. The lowest BCUT2D eigenvalue weighted by atomic mass is 10.2. The van der Waals surface area contributed by atoms with Crippen molar-refractivity contribution in [3.63, 3.8) is 0 Å². The molecule has 1 rings (SSSR count). The molecule has 0 fully saturated rings. The largest absolute Gasteiger partial charge is 0.231 e. The topological polar surface area (TPSA) is 81.8 Å². The first-order valence-corrected chi connectivity index (χ1v) is 3.99. The van der Waals surface area contributed by atoms with E-state index in [0.29, 0.717) is 0 Å². The fourth-order valence-electron chi connectivity index (χ4n) is 0.573. The second-order valence-corrected chi connectivity index (χ2v) is 2.56. The third kappa shape index (κ3) is 10.2. The number of hydrogen-bond donors (Lipinski definition) is 2. The SMILES string of the molecule is Cc1ccccc1[Si].N=C=O.N=C=O. The number of aryl methyl sites for hydroxylation is 1. The Hall–Kier alpha value is -1.80. The van der Waals surface area contributed by atoms with Gasteiger partial charge in [-0.1, -0.05) is 35.0 Å². The maximum atomic E-state index is 8.35. The summed E-state index contributed by atoms with van der Waals surface area (Å²) in [5.74, 6) is 0. The van der Waals surface area contributed by atoms with Crippen LogP contribution in [0.25, 0.3) is 0 Å². The predicted molar refractivity (Wildman–Crippen MR) is 53.4 cm³/mol. The van der Waals surface area contributed by atoms with E-state index >= 15 is 0 Å². The van der Waals surface area contributed by atoms with Gasteiger partial charge in [0.25, 0.3) is 0 Å². The van der Waals surface area contributed by atoms with Gasteiger partial charge in [-0.05, 0) is 6.92 Å². The summed E-state index contributed by atoms with van der Waals surface area (Å²) in [5, 5.41) is 12.0. The van der Waals surface area contributed by atoms with Crippen LogP contribution in [0.4, 0.5) is 0 Å². The van der Waals surface area contributed by atoms with Gasteiger partial charge in [-0.3, -0.25) is 0 Å². The van der Waals surface area contributed by atoms with Gasteiger partial charge in [-0.15, -0.1) is 0 Å². The average Bonchev–Trinajstić information content (AvgIpc) is 2.13. The molecule has 3 radical (unpaired) electrons. The summed E-state index contributed by atoms with van der Waals surface area (Å²) in [6.07, 6.45) is 1.50. The van der Waals surface area contributed by atoms with Gasteiger partial charge in [-0.25, -0.2) is 20.4 Å². The standard InChI is InChI=1S/C7H7Si.2CHNO/c1-6-4-2-3-5-7(6)8;2*2-1-3/h2-5H,1H3;2*2H. The summed E-state index contributed by atoms with van der Waals surface area (Å²) in [4.78, 5) is 16.7. The van der Waals surface area contributed by atoms with Crippen LogP contribution < -0.4 is 5.19 Å². The van der Waals surface area contributed by atoms with E-state index in [1.54, 1.807) is 0 Å². The molecule has 0 aliphatic rings. The highest BCUT2D eigenvalue weighted by Crippen LogP contribution is 1.88. The molecule has 5 heteroatoms. The van der Waals surface area contributed by atoms with Crippen LogP contribution in [0.3, 0.4) is 0 Å². The van der Waals surface area contributed by atoms with Crippen LogP contribution in [0, 0.1) is 17.7 Å². The molecule has 1 aromatic rings. The van der Waals surface area contributed by atoms with E-state index in [1.165, 1.54) is 10.8 Å². The minimum Gasteiger partial charge on any atom is -0.222 e. The zero-order chi connectivity index (χ0) is 11.4. The Bertz CT molecular complexity index is 294. The van der Waals surface area contributed by atoms with Crippen molar-refractivity contribution in [3.05, 3.63) is 29.8 Å². The lowest BCUT2D eigenvalue weighted by Crippen LogP contribution is -2.04. The van der Waals surface area contributed by atoms with Crippen LogP contribution in [-0.2, 0) is 9.59 Å². The number of hydrogen-bond acceptors (Lipinski definition) is 4. The number of isocyanates is 2. The summed E-state index contributed by atoms with van der Waals surface area (Å²) in [6, 6.07) is 8.14. The molecule has 0 amide bonds. The van der Waals surface area contributed by atoms with Crippen molar-refractivity contribution in [2.24, 2.45) is 0 Å². The molecular weight excluding hydrogens is 196 g/mol. The van der Waals surface area contributed by atoms with Gasteiger partial charge in [0.15, 0.2) is 0 Å². The fraction of sp³-hybridized carbons (Fsp3) is 0.111. The highest BCUT2D eigenvalue weighted by atomic mass is 28.1. The summed E-state index contributed by atoms with van der Waals surface area (Å²) < 4.78 is 0. The lowest BCUT2D eigenvalue weighted by molar-refractivity contribution is 0.562. The molecular formula is C9H9N2O2Si. The van der Waals surface area contributed by atoms with Crippen LogP contribution in [0.1, 0.15) is 5.56 Å². The normalized spacial score (nSPS) is 6.43. The van der Waals surface area contributed by atoms with Crippen molar-refractivity contribution < 1.29 is 9.59 Å². The van der Waals surface area contributed by atoms with Crippen LogP contribution in [-0.4, -0.2) is 22.4 Å². The molecule has 71 valence electrons. The summed E-state index contributed by atoms with van der Waals surface area (Å²) >= 11 is 0. The number of rotatable bonds is 0. The Morgan fingerprint density at radius 2 is 1.50 bits per heavy atom. The third-order valence-corrected chi connectivity index (χ3v) is 1.71. The summed E-state index contributed by atoms with van der Waals surface area (Å²) in [7, 11) is 3.44. The van der Waals surface area contributed by atoms with Gasteiger partial charge < -0.3 is 0 Å². The highest BCUT2D eigenvalue weighted by molar-refractivity contribution is 6.33. The van der Waals surface area contributed by atoms with Crippen molar-refractivity contribution in [2.75, 3.05) is 0 Å². The first kappa shape index (κ1) is 14.7. The maximum absolute atomic E-state index is 8.35. The van der Waals surface area contributed by atoms with Crippen molar-refractivity contribution in [1.82, 2.24) is 0 Å². The Morgan fingerprint density at radius 1 is 1.14 bits per heavy atom. The van der Waals surface area contributed by atoms with E-state index in [2.05, 4.69) is 23.2 Å². The lowest BCUT2D eigenvalue weighted by Gasteiger charge is -1.93. The third-order valence-electron chi connectivity index (χ3n) is 1.15. The monoisotopic (exact) mass is 205 g/mol. The first-order valence-electron chi connectivity index (χ1n) is 3.49. The first-order chi connectivity index (χ1) is 6.63. The van der Waals surface area contributed by atoms with E-state index < -0.39 is 0 Å². The van der Waals surface area contributed by atoms with Crippen molar-refractivity contribution in [3.8, 4) is 0 Å². The Labute approximate surface area is 85.4 Å². The molecule has 1 aromatic carbocycles. The van der Waals surface area contributed by atoms with E-state index in [4.69, 9.17) is 20.4 Å². The second kappa shape index (κ2) is 11.2. The zero-order valence-corrected chi connectivity index (χ0v) is 8.63. The molecule has 0 heterocycles. The smallest absolute Gasteiger partial charge is 0.222 e. The van der Waals surface area contributed by atoms with Crippen LogP contribution in [0.15, 0.2) is 24.3 Å². The Balaban J connectivity index is 0. The van der Waals surface area contributed by atoms with Crippen LogP contribution in [0.5, 0.6) is 0 Å². The molecule has 0 aromatic heterocycles.